The van der Waals surface area contributed by atoms with E-state index in [1.807, 2.05) is 19.1 Å². The molecule has 0 saturated heterocycles. The molecule has 104 valence electrons. The van der Waals surface area contributed by atoms with E-state index in [9.17, 15) is 4.79 Å². The maximum absolute atomic E-state index is 12.0. The monoisotopic (exact) mass is 261 g/mol. The number of benzene rings is 1. The fraction of sp³-hybridized carbons (Fsp3) is 0.562. The maximum Gasteiger partial charge on any atom is 0.150 e. The highest BCUT2D eigenvalue weighted by molar-refractivity contribution is 5.84. The van der Waals surface area contributed by atoms with Gasteiger partial charge in [-0.25, -0.2) is 0 Å². The SMILES string of the molecule is CCC(C)C(N)C(=O)CCc1ccc2c(c1)CCO2. The van der Waals surface area contributed by atoms with Gasteiger partial charge >= 0.3 is 0 Å². The summed E-state index contributed by atoms with van der Waals surface area (Å²) in [7, 11) is 0. The molecular formula is C16H23NO2. The van der Waals surface area contributed by atoms with Crippen LogP contribution in [0.25, 0.3) is 0 Å². The number of fused-ring (bicyclic) bond motifs is 1. The summed E-state index contributed by atoms with van der Waals surface area (Å²) in [5.74, 6) is 1.43. The third-order valence-corrected chi connectivity index (χ3v) is 4.04. The highest BCUT2D eigenvalue weighted by Crippen LogP contribution is 2.26. The van der Waals surface area contributed by atoms with Gasteiger partial charge in [-0.3, -0.25) is 4.79 Å². The second-order valence-electron chi connectivity index (χ2n) is 5.42. The van der Waals surface area contributed by atoms with Crippen molar-refractivity contribution in [1.29, 1.82) is 0 Å². The molecule has 0 aliphatic carbocycles. The Bertz CT molecular complexity index is 456. The molecule has 2 rings (SSSR count). The van der Waals surface area contributed by atoms with E-state index in [0.717, 1.165) is 31.6 Å². The number of ketones is 1. The highest BCUT2D eigenvalue weighted by Gasteiger charge is 2.19. The summed E-state index contributed by atoms with van der Waals surface area (Å²) >= 11 is 0. The molecule has 1 aromatic carbocycles. The number of hydrogen-bond acceptors (Lipinski definition) is 3. The van der Waals surface area contributed by atoms with Gasteiger partial charge in [0.25, 0.3) is 0 Å². The van der Waals surface area contributed by atoms with Crippen LogP contribution in [0.5, 0.6) is 5.75 Å². The largest absolute Gasteiger partial charge is 0.493 e. The molecule has 1 aliphatic heterocycles. The molecule has 2 atom stereocenters. The molecule has 0 fully saturated rings. The normalized spacial score (nSPS) is 16.6. The molecule has 2 unspecified atom stereocenters. The molecule has 0 saturated carbocycles. The van der Waals surface area contributed by atoms with Crippen molar-refractivity contribution >= 4 is 5.78 Å². The number of nitrogens with two attached hydrogens (primary N) is 1. The van der Waals surface area contributed by atoms with Gasteiger partial charge in [-0.1, -0.05) is 32.4 Å². The Kier molecular flexibility index (Phi) is 4.59. The molecule has 2 N–H and O–H groups in total. The highest BCUT2D eigenvalue weighted by atomic mass is 16.5. The Balaban J connectivity index is 1.90. The Morgan fingerprint density at radius 2 is 2.26 bits per heavy atom. The van der Waals surface area contributed by atoms with Gasteiger partial charge in [0.05, 0.1) is 12.6 Å². The summed E-state index contributed by atoms with van der Waals surface area (Å²) in [5.41, 5.74) is 8.42. The topological polar surface area (TPSA) is 52.3 Å². The standard InChI is InChI=1S/C16H23NO2/c1-3-11(2)16(17)14(18)6-4-12-5-7-15-13(10-12)8-9-19-15/h5,7,10-11,16H,3-4,6,8-9,17H2,1-2H3. The zero-order chi connectivity index (χ0) is 13.8. The molecule has 0 amide bonds. The predicted octanol–water partition coefficient (Wildman–Crippen LogP) is 2.50. The van der Waals surface area contributed by atoms with Crippen molar-refractivity contribution in [2.24, 2.45) is 11.7 Å². The lowest BCUT2D eigenvalue weighted by Gasteiger charge is -2.16. The minimum Gasteiger partial charge on any atom is -0.493 e. The lowest BCUT2D eigenvalue weighted by atomic mass is 9.93. The fourth-order valence-corrected chi connectivity index (χ4v) is 2.40. The van der Waals surface area contributed by atoms with Crippen molar-refractivity contribution in [2.45, 2.75) is 45.6 Å². The first-order valence-electron chi connectivity index (χ1n) is 7.14. The van der Waals surface area contributed by atoms with Crippen LogP contribution >= 0.6 is 0 Å². The summed E-state index contributed by atoms with van der Waals surface area (Å²) in [4.78, 5) is 12.0. The zero-order valence-electron chi connectivity index (χ0n) is 11.8. The second kappa shape index (κ2) is 6.20. The van der Waals surface area contributed by atoms with Gasteiger partial charge in [-0.15, -0.1) is 0 Å². The summed E-state index contributed by atoms with van der Waals surface area (Å²) < 4.78 is 5.48. The van der Waals surface area contributed by atoms with E-state index < -0.39 is 0 Å². The third-order valence-electron chi connectivity index (χ3n) is 4.04. The Hall–Kier alpha value is -1.35. The molecule has 0 radical (unpaired) electrons. The van der Waals surface area contributed by atoms with E-state index >= 15 is 0 Å². The lowest BCUT2D eigenvalue weighted by molar-refractivity contribution is -0.121. The smallest absolute Gasteiger partial charge is 0.150 e. The van der Waals surface area contributed by atoms with Crippen molar-refractivity contribution < 1.29 is 9.53 Å². The Labute approximate surface area is 115 Å². The van der Waals surface area contributed by atoms with Crippen LogP contribution in [0.3, 0.4) is 0 Å². The van der Waals surface area contributed by atoms with Crippen LogP contribution in [-0.4, -0.2) is 18.4 Å². The predicted molar refractivity (Wildman–Crippen MR) is 76.4 cm³/mol. The van der Waals surface area contributed by atoms with Crippen LogP contribution in [-0.2, 0) is 17.6 Å². The van der Waals surface area contributed by atoms with E-state index in [-0.39, 0.29) is 17.7 Å². The van der Waals surface area contributed by atoms with Crippen molar-refractivity contribution in [1.82, 2.24) is 0 Å². The summed E-state index contributed by atoms with van der Waals surface area (Å²) in [5, 5.41) is 0. The number of aryl methyl sites for hydroxylation is 1. The number of ether oxygens (including phenoxy) is 1. The van der Waals surface area contributed by atoms with Crippen molar-refractivity contribution in [3.05, 3.63) is 29.3 Å². The second-order valence-corrected chi connectivity index (χ2v) is 5.42. The van der Waals surface area contributed by atoms with E-state index in [1.54, 1.807) is 0 Å². The van der Waals surface area contributed by atoms with E-state index in [0.29, 0.717) is 6.42 Å². The Morgan fingerprint density at radius 3 is 3.00 bits per heavy atom. The fourth-order valence-electron chi connectivity index (χ4n) is 2.40. The maximum atomic E-state index is 12.0. The van der Waals surface area contributed by atoms with Crippen LogP contribution in [0.4, 0.5) is 0 Å². The molecule has 3 nitrogen and oxygen atoms in total. The Morgan fingerprint density at radius 1 is 1.47 bits per heavy atom. The van der Waals surface area contributed by atoms with Gasteiger partial charge in [-0.05, 0) is 29.5 Å². The third kappa shape index (κ3) is 3.35. The van der Waals surface area contributed by atoms with Gasteiger partial charge in [0.15, 0.2) is 0 Å². The lowest BCUT2D eigenvalue weighted by Crippen LogP contribution is -2.36. The summed E-state index contributed by atoms with van der Waals surface area (Å²) in [6.45, 7) is 4.88. The van der Waals surface area contributed by atoms with Gasteiger partial charge < -0.3 is 10.5 Å². The van der Waals surface area contributed by atoms with Crippen LogP contribution in [0.15, 0.2) is 18.2 Å². The molecule has 0 aromatic heterocycles. The molecule has 1 heterocycles. The summed E-state index contributed by atoms with van der Waals surface area (Å²) in [6.07, 6.45) is 3.23. The first kappa shape index (κ1) is 14.1. The van der Waals surface area contributed by atoms with Crippen LogP contribution < -0.4 is 10.5 Å². The first-order valence-corrected chi connectivity index (χ1v) is 7.14. The van der Waals surface area contributed by atoms with E-state index in [4.69, 9.17) is 10.5 Å². The number of Topliss-reactive ketones (excluding diaryl/α,β-unsaturated/α-hetero) is 1. The van der Waals surface area contributed by atoms with Crippen LogP contribution in [0, 0.1) is 5.92 Å². The number of carbonyl (C=O) groups excluding carboxylic acids is 1. The molecule has 1 aromatic rings. The van der Waals surface area contributed by atoms with Crippen molar-refractivity contribution in [3.8, 4) is 5.75 Å². The molecule has 3 heteroatoms. The van der Waals surface area contributed by atoms with E-state index in [2.05, 4.69) is 13.0 Å². The van der Waals surface area contributed by atoms with Gasteiger partial charge in [-0.2, -0.15) is 0 Å². The van der Waals surface area contributed by atoms with Gasteiger partial charge in [0, 0.05) is 12.8 Å². The average molecular weight is 261 g/mol. The minimum absolute atomic E-state index is 0.172. The number of carbonyl (C=O) groups is 1. The zero-order valence-corrected chi connectivity index (χ0v) is 11.8. The quantitative estimate of drug-likeness (QED) is 0.856. The van der Waals surface area contributed by atoms with Crippen LogP contribution in [0.2, 0.25) is 0 Å². The minimum atomic E-state index is -0.317. The molecule has 19 heavy (non-hydrogen) atoms. The molecule has 1 aliphatic rings. The van der Waals surface area contributed by atoms with Crippen molar-refractivity contribution in [3.63, 3.8) is 0 Å². The summed E-state index contributed by atoms with van der Waals surface area (Å²) in [6, 6.07) is 5.90. The average Bonchev–Trinajstić information content (AvgIpc) is 2.90. The van der Waals surface area contributed by atoms with E-state index in [1.165, 1.54) is 11.1 Å². The first-order chi connectivity index (χ1) is 9.11. The molecule has 0 spiro atoms. The number of hydrogen-bond donors (Lipinski definition) is 1. The van der Waals surface area contributed by atoms with Crippen molar-refractivity contribution in [2.75, 3.05) is 6.61 Å². The van der Waals surface area contributed by atoms with Crippen LogP contribution in [0.1, 0.15) is 37.8 Å². The number of rotatable bonds is 6. The van der Waals surface area contributed by atoms with Gasteiger partial charge in [0.2, 0.25) is 0 Å². The van der Waals surface area contributed by atoms with Gasteiger partial charge in [0.1, 0.15) is 11.5 Å². The molecule has 0 bridgehead atoms. The molecular weight excluding hydrogens is 238 g/mol.